The van der Waals surface area contributed by atoms with Crippen LogP contribution in [0.1, 0.15) is 20.8 Å². The van der Waals surface area contributed by atoms with Gasteiger partial charge in [0.15, 0.2) is 11.0 Å². The summed E-state index contributed by atoms with van der Waals surface area (Å²) in [6, 6.07) is 21.8. The van der Waals surface area contributed by atoms with Crippen molar-refractivity contribution in [2.75, 3.05) is 5.75 Å². The largest absolute Gasteiger partial charge is 0.337 e. The van der Waals surface area contributed by atoms with Crippen LogP contribution in [0, 0.1) is 17.2 Å². The van der Waals surface area contributed by atoms with E-state index in [2.05, 4.69) is 21.6 Å². The average Bonchev–Trinajstić information content (AvgIpc) is 3.17. The SMILES string of the molecule is CC(C)C(C)(C#N)NC(=O)CSc1nnc(-c2ccccc2)n1-c1ccccc1. The predicted molar refractivity (Wildman–Crippen MR) is 115 cm³/mol. The highest BCUT2D eigenvalue weighted by atomic mass is 32.2. The summed E-state index contributed by atoms with van der Waals surface area (Å²) in [5.41, 5.74) is 0.959. The van der Waals surface area contributed by atoms with Gasteiger partial charge in [-0.05, 0) is 25.0 Å². The first-order valence-corrected chi connectivity index (χ1v) is 10.3. The number of para-hydroxylation sites is 1. The Morgan fingerprint density at radius 3 is 2.34 bits per heavy atom. The van der Waals surface area contributed by atoms with Crippen molar-refractivity contribution in [2.45, 2.75) is 31.5 Å². The van der Waals surface area contributed by atoms with Crippen LogP contribution in [0.15, 0.2) is 65.8 Å². The number of thioether (sulfide) groups is 1. The molecule has 0 aliphatic rings. The molecule has 0 saturated heterocycles. The Morgan fingerprint density at radius 2 is 1.76 bits per heavy atom. The van der Waals surface area contributed by atoms with Gasteiger partial charge in [-0.3, -0.25) is 9.36 Å². The second-order valence-electron chi connectivity index (χ2n) is 7.15. The molecule has 0 aliphatic heterocycles. The van der Waals surface area contributed by atoms with Crippen LogP contribution < -0.4 is 5.32 Å². The second kappa shape index (κ2) is 8.93. The monoisotopic (exact) mass is 405 g/mol. The summed E-state index contributed by atoms with van der Waals surface area (Å²) < 4.78 is 1.94. The van der Waals surface area contributed by atoms with Gasteiger partial charge in [0.05, 0.1) is 11.8 Å². The minimum atomic E-state index is -0.903. The van der Waals surface area contributed by atoms with Crippen molar-refractivity contribution in [3.05, 3.63) is 60.7 Å². The highest BCUT2D eigenvalue weighted by Gasteiger charge is 2.30. The third-order valence-corrected chi connectivity index (χ3v) is 5.73. The van der Waals surface area contributed by atoms with Gasteiger partial charge in [-0.15, -0.1) is 10.2 Å². The molecule has 1 unspecified atom stereocenters. The fourth-order valence-electron chi connectivity index (χ4n) is 2.70. The van der Waals surface area contributed by atoms with Crippen LogP contribution in [0.25, 0.3) is 17.1 Å². The number of rotatable bonds is 7. The summed E-state index contributed by atoms with van der Waals surface area (Å²) in [7, 11) is 0. The van der Waals surface area contributed by atoms with Crippen LogP contribution in [0.4, 0.5) is 0 Å². The molecule has 6 nitrogen and oxygen atoms in total. The van der Waals surface area contributed by atoms with Crippen LogP contribution >= 0.6 is 11.8 Å². The molecule has 1 heterocycles. The summed E-state index contributed by atoms with van der Waals surface area (Å²) in [5, 5.41) is 21.6. The van der Waals surface area contributed by atoms with Crippen molar-refractivity contribution < 1.29 is 4.79 Å². The molecule has 1 N–H and O–H groups in total. The Labute approximate surface area is 175 Å². The van der Waals surface area contributed by atoms with Gasteiger partial charge in [-0.25, -0.2) is 0 Å². The summed E-state index contributed by atoms with van der Waals surface area (Å²) in [4.78, 5) is 12.5. The zero-order chi connectivity index (χ0) is 20.9. The number of aromatic nitrogens is 3. The molecule has 0 spiro atoms. The molecule has 0 aliphatic carbocycles. The zero-order valence-corrected chi connectivity index (χ0v) is 17.5. The number of amides is 1. The van der Waals surface area contributed by atoms with E-state index in [9.17, 15) is 10.1 Å². The fourth-order valence-corrected chi connectivity index (χ4v) is 3.46. The van der Waals surface area contributed by atoms with E-state index >= 15 is 0 Å². The van der Waals surface area contributed by atoms with E-state index in [1.165, 1.54) is 11.8 Å². The van der Waals surface area contributed by atoms with Crippen LogP contribution in [-0.2, 0) is 4.79 Å². The summed E-state index contributed by atoms with van der Waals surface area (Å²) >= 11 is 1.30. The molecule has 7 heteroatoms. The number of nitriles is 1. The van der Waals surface area contributed by atoms with Gasteiger partial charge in [0.25, 0.3) is 0 Å². The van der Waals surface area contributed by atoms with E-state index in [0.717, 1.165) is 11.3 Å². The normalized spacial score (nSPS) is 12.9. The van der Waals surface area contributed by atoms with E-state index in [-0.39, 0.29) is 17.6 Å². The number of nitrogens with one attached hydrogen (secondary N) is 1. The predicted octanol–water partition coefficient (Wildman–Crippen LogP) is 4.08. The second-order valence-corrected chi connectivity index (χ2v) is 8.09. The molecule has 29 heavy (non-hydrogen) atoms. The maximum atomic E-state index is 12.5. The number of hydrogen-bond donors (Lipinski definition) is 1. The Kier molecular flexibility index (Phi) is 6.35. The molecular formula is C22H23N5OS. The highest BCUT2D eigenvalue weighted by molar-refractivity contribution is 7.99. The lowest BCUT2D eigenvalue weighted by Gasteiger charge is -2.27. The molecule has 3 rings (SSSR count). The first-order valence-electron chi connectivity index (χ1n) is 9.36. The van der Waals surface area contributed by atoms with E-state index in [1.807, 2.05) is 79.1 Å². The molecule has 0 bridgehead atoms. The van der Waals surface area contributed by atoms with Gasteiger partial charge in [0.1, 0.15) is 5.54 Å². The Morgan fingerprint density at radius 1 is 1.14 bits per heavy atom. The minimum absolute atomic E-state index is 0.000829. The third kappa shape index (κ3) is 4.66. The van der Waals surface area contributed by atoms with Crippen molar-refractivity contribution in [3.8, 4) is 23.1 Å². The molecule has 1 aromatic heterocycles. The van der Waals surface area contributed by atoms with Crippen LogP contribution in [0.2, 0.25) is 0 Å². The van der Waals surface area contributed by atoms with Crippen molar-refractivity contribution in [2.24, 2.45) is 5.92 Å². The van der Waals surface area contributed by atoms with E-state index in [1.54, 1.807) is 6.92 Å². The lowest BCUT2D eigenvalue weighted by molar-refractivity contribution is -0.120. The number of benzene rings is 2. The maximum Gasteiger partial charge on any atom is 0.231 e. The van der Waals surface area contributed by atoms with Gasteiger partial charge in [0.2, 0.25) is 5.91 Å². The lowest BCUT2D eigenvalue weighted by atomic mass is 9.90. The molecule has 148 valence electrons. The number of carbonyl (C=O) groups excluding carboxylic acids is 1. The summed E-state index contributed by atoms with van der Waals surface area (Å²) in [6.45, 7) is 5.56. The molecule has 0 saturated carbocycles. The number of carbonyl (C=O) groups is 1. The highest BCUT2D eigenvalue weighted by Crippen LogP contribution is 2.28. The standard InChI is InChI=1S/C22H23N5OS/c1-16(2)22(3,15-23)24-19(28)14-29-21-26-25-20(17-10-6-4-7-11-17)27(21)18-12-8-5-9-13-18/h4-13,16H,14H2,1-3H3,(H,24,28). The van der Waals surface area contributed by atoms with E-state index < -0.39 is 5.54 Å². The van der Waals surface area contributed by atoms with Crippen molar-refractivity contribution >= 4 is 17.7 Å². The molecule has 3 aromatic rings. The minimum Gasteiger partial charge on any atom is -0.337 e. The molecule has 1 amide bonds. The zero-order valence-electron chi connectivity index (χ0n) is 16.7. The topological polar surface area (TPSA) is 83.6 Å². The third-order valence-electron chi connectivity index (χ3n) is 4.80. The van der Waals surface area contributed by atoms with Crippen LogP contribution in [0.3, 0.4) is 0 Å². The molecular weight excluding hydrogens is 382 g/mol. The summed E-state index contributed by atoms with van der Waals surface area (Å²) in [5.74, 6) is 0.642. The Hall–Kier alpha value is -3.11. The van der Waals surface area contributed by atoms with E-state index in [0.29, 0.717) is 11.0 Å². The van der Waals surface area contributed by atoms with Crippen molar-refractivity contribution in [1.82, 2.24) is 20.1 Å². The smallest absolute Gasteiger partial charge is 0.231 e. The molecule has 1 atom stereocenters. The first-order chi connectivity index (χ1) is 13.9. The van der Waals surface area contributed by atoms with Gasteiger partial charge in [-0.2, -0.15) is 5.26 Å². The molecule has 2 aromatic carbocycles. The number of hydrogen-bond acceptors (Lipinski definition) is 5. The van der Waals surface area contributed by atoms with Gasteiger partial charge in [-0.1, -0.05) is 74.1 Å². The van der Waals surface area contributed by atoms with Gasteiger partial charge in [0, 0.05) is 11.3 Å². The van der Waals surface area contributed by atoms with Crippen LogP contribution in [-0.4, -0.2) is 32.0 Å². The summed E-state index contributed by atoms with van der Waals surface area (Å²) in [6.07, 6.45) is 0. The molecule has 0 radical (unpaired) electrons. The van der Waals surface area contributed by atoms with Gasteiger partial charge >= 0.3 is 0 Å². The Balaban J connectivity index is 1.86. The van der Waals surface area contributed by atoms with E-state index in [4.69, 9.17) is 0 Å². The quantitative estimate of drug-likeness (QED) is 0.599. The van der Waals surface area contributed by atoms with Crippen LogP contribution in [0.5, 0.6) is 0 Å². The van der Waals surface area contributed by atoms with Crippen molar-refractivity contribution in [3.63, 3.8) is 0 Å². The number of nitrogens with zero attached hydrogens (tertiary/aromatic N) is 4. The maximum absolute atomic E-state index is 12.5. The first kappa shape index (κ1) is 20.6. The van der Waals surface area contributed by atoms with Gasteiger partial charge < -0.3 is 5.32 Å². The van der Waals surface area contributed by atoms with Crippen molar-refractivity contribution in [1.29, 1.82) is 5.26 Å². The Bertz CT molecular complexity index is 1010. The molecule has 0 fully saturated rings. The lowest BCUT2D eigenvalue weighted by Crippen LogP contribution is -2.49. The fraction of sp³-hybridized carbons (Fsp3) is 0.273. The average molecular weight is 406 g/mol.